The predicted molar refractivity (Wildman–Crippen MR) is 187 cm³/mol. The van der Waals surface area contributed by atoms with Crippen LogP contribution in [-0.4, -0.2) is 183 Å². The maximum absolute atomic E-state index is 12.5. The number of urea groups is 1. The van der Waals surface area contributed by atoms with Gasteiger partial charge in [-0.25, -0.2) is 4.79 Å². The third-order valence-corrected chi connectivity index (χ3v) is 9.58. The molecule has 0 aromatic carbocycles. The van der Waals surface area contributed by atoms with Gasteiger partial charge in [-0.15, -0.1) is 0 Å². The van der Waals surface area contributed by atoms with E-state index in [1.54, 1.807) is 6.08 Å². The fraction of sp³-hybridized carbons (Fsp3) is 0.844. The molecule has 1 saturated carbocycles. The van der Waals surface area contributed by atoms with Crippen molar-refractivity contribution in [3.8, 4) is 6.57 Å². The largest absolute Gasteiger partial charge is 0.394 e. The smallest absolute Gasteiger partial charge is 0.340 e. The molecule has 3 aliphatic heterocycles. The maximum Gasteiger partial charge on any atom is 0.340 e. The quantitative estimate of drug-likeness (QED) is 0.0356. The standard InChI is InChI=1S/C32H57N9O11/c1-37-7-3-8-39-13-16-4-5-19(38-2)30(49-16)52-28-18(35)11-20(41-32(46)40-9-6-33)25(43)29(28)47-15-17-10-21(23(14-42)48-17)50-31-24(36)27(45)26(44)22(12-34)51-31/h2,4-5,16-31,39,42-45H,1,3,6-15,33-36H2,(H-,40,41,46)/p+1. The first-order chi connectivity index (χ1) is 25.0. The fourth-order valence-electron chi connectivity index (χ4n) is 6.72. The summed E-state index contributed by atoms with van der Waals surface area (Å²) in [5.74, 6) is 0. The zero-order chi connectivity index (χ0) is 37.8. The topological polar surface area (TPSA) is 310 Å². The molecular weight excluding hydrogens is 686 g/mol. The molecule has 2 saturated heterocycles. The lowest BCUT2D eigenvalue weighted by atomic mass is 9.84. The van der Waals surface area contributed by atoms with Gasteiger partial charge in [0.2, 0.25) is 6.29 Å². The van der Waals surface area contributed by atoms with Crippen LogP contribution in [0.3, 0.4) is 0 Å². The summed E-state index contributed by atoms with van der Waals surface area (Å²) in [7, 11) is 0. The number of carbonyl (C=O) groups excluding carboxylic acids is 1. The van der Waals surface area contributed by atoms with Crippen LogP contribution in [0.2, 0.25) is 0 Å². The van der Waals surface area contributed by atoms with Crippen molar-refractivity contribution in [2.45, 2.75) is 117 Å². The molecule has 0 aromatic heterocycles. The number of aliphatic hydroxyl groups is 4. The molecule has 2 amide bonds. The van der Waals surface area contributed by atoms with Gasteiger partial charge in [0.15, 0.2) is 6.29 Å². The molecule has 20 nitrogen and oxygen atoms in total. The molecule has 16 unspecified atom stereocenters. The highest BCUT2D eigenvalue weighted by Gasteiger charge is 2.50. The maximum atomic E-state index is 12.5. The van der Waals surface area contributed by atoms with E-state index in [1.165, 1.54) is 0 Å². The lowest BCUT2D eigenvalue weighted by molar-refractivity contribution is -0.274. The minimum atomic E-state index is -1.35. The monoisotopic (exact) mass is 744 g/mol. The Morgan fingerprint density at radius 3 is 2.48 bits per heavy atom. The van der Waals surface area contributed by atoms with Gasteiger partial charge < -0.3 is 92.7 Å². The van der Waals surface area contributed by atoms with E-state index in [9.17, 15) is 25.2 Å². The van der Waals surface area contributed by atoms with Gasteiger partial charge >= 0.3 is 12.1 Å². The highest BCUT2D eigenvalue weighted by molar-refractivity contribution is 5.74. The van der Waals surface area contributed by atoms with Gasteiger partial charge in [0.25, 0.3) is 6.57 Å². The van der Waals surface area contributed by atoms with E-state index in [4.69, 9.17) is 57.9 Å². The molecule has 3 fully saturated rings. The minimum absolute atomic E-state index is 0.0840. The Morgan fingerprint density at radius 1 is 1.00 bits per heavy atom. The van der Waals surface area contributed by atoms with E-state index in [0.717, 1.165) is 6.42 Å². The van der Waals surface area contributed by atoms with E-state index in [0.29, 0.717) is 19.6 Å². The molecule has 296 valence electrons. The molecule has 0 aromatic rings. The summed E-state index contributed by atoms with van der Waals surface area (Å²) in [5, 5.41) is 51.0. The molecule has 0 spiro atoms. The molecule has 4 rings (SSSR count). The average Bonchev–Trinajstić information content (AvgIpc) is 3.54. The van der Waals surface area contributed by atoms with E-state index >= 15 is 0 Å². The zero-order valence-electron chi connectivity index (χ0n) is 29.3. The number of hydrogen-bond donors (Lipinski definition) is 11. The lowest BCUT2D eigenvalue weighted by Crippen LogP contribution is -2.66. The van der Waals surface area contributed by atoms with Crippen molar-refractivity contribution in [1.29, 1.82) is 0 Å². The molecule has 20 heteroatoms. The molecule has 0 bridgehead atoms. The Bertz CT molecular complexity index is 1190. The number of nitrogens with two attached hydrogens (primary N) is 4. The Balaban J connectivity index is 1.45. The number of nitrogens with one attached hydrogen (secondary N) is 3. The van der Waals surface area contributed by atoms with E-state index in [-0.39, 0.29) is 45.2 Å². The number of aliphatic imine (C=N–C) groups is 1. The number of hydrogen-bond acceptors (Lipinski definition) is 17. The normalized spacial score (nSPS) is 40.6. The predicted octanol–water partition coefficient (Wildman–Crippen LogP) is -4.96. The van der Waals surface area contributed by atoms with Crippen molar-refractivity contribution < 1.29 is 53.6 Å². The van der Waals surface area contributed by atoms with Crippen molar-refractivity contribution >= 4 is 12.7 Å². The van der Waals surface area contributed by atoms with Crippen molar-refractivity contribution in [2.75, 3.05) is 52.5 Å². The Morgan fingerprint density at radius 2 is 1.79 bits per heavy atom. The summed E-state index contributed by atoms with van der Waals surface area (Å²) in [4.78, 5) is 20.3. The number of nitrogens with zero attached hydrogens (tertiary/aromatic N) is 2. The first-order valence-electron chi connectivity index (χ1n) is 17.8. The van der Waals surface area contributed by atoms with Crippen LogP contribution in [0.5, 0.6) is 0 Å². The molecule has 4 aliphatic rings. The summed E-state index contributed by atoms with van der Waals surface area (Å²) >= 11 is 0. The van der Waals surface area contributed by atoms with E-state index in [2.05, 4.69) is 32.5 Å². The second-order valence-electron chi connectivity index (χ2n) is 13.4. The lowest BCUT2D eigenvalue weighted by Gasteiger charge is -2.44. The molecule has 1 aliphatic carbocycles. The van der Waals surface area contributed by atoms with Crippen LogP contribution in [0.1, 0.15) is 19.3 Å². The number of amides is 2. The molecule has 0 radical (unpaired) electrons. The molecule has 15 N–H and O–H groups in total. The van der Waals surface area contributed by atoms with Crippen LogP contribution in [-0.2, 0) is 28.4 Å². The van der Waals surface area contributed by atoms with Crippen LogP contribution in [0.4, 0.5) is 4.79 Å². The number of ether oxygens (including phenoxy) is 6. The Kier molecular flexibility index (Phi) is 17.0. The number of carbonyl (C=O) groups is 1. The Hall–Kier alpha value is -2.43. The van der Waals surface area contributed by atoms with Crippen LogP contribution in [0.25, 0.3) is 4.85 Å². The highest BCUT2D eigenvalue weighted by Crippen LogP contribution is 2.32. The van der Waals surface area contributed by atoms with Crippen molar-refractivity contribution in [3.63, 3.8) is 0 Å². The zero-order valence-corrected chi connectivity index (χ0v) is 29.3. The van der Waals surface area contributed by atoms with Crippen molar-refractivity contribution in [3.05, 3.63) is 17.0 Å². The fourth-order valence-corrected chi connectivity index (χ4v) is 6.72. The van der Waals surface area contributed by atoms with Gasteiger partial charge in [-0.1, -0.05) is 10.9 Å². The van der Waals surface area contributed by atoms with Crippen LogP contribution in [0, 0.1) is 6.57 Å². The SMILES string of the molecule is C#[N+]C1C=CC(CNCCCN=C)OC1OC1C(N)CC(NC(=O)NCCN)C(O)C1OCC1CC(OC2OC(CN)C(O)C(O)C2N)C(CO)O1. The van der Waals surface area contributed by atoms with Crippen LogP contribution in [0.15, 0.2) is 17.1 Å². The van der Waals surface area contributed by atoms with Gasteiger partial charge in [0, 0.05) is 51.3 Å². The summed E-state index contributed by atoms with van der Waals surface area (Å²) in [6, 6.07) is -3.89. The van der Waals surface area contributed by atoms with Gasteiger partial charge in [-0.3, -0.25) is 0 Å². The summed E-state index contributed by atoms with van der Waals surface area (Å²) in [6.45, 7) is 10.9. The first-order valence-corrected chi connectivity index (χ1v) is 17.8. The minimum Gasteiger partial charge on any atom is -0.394 e. The third-order valence-electron chi connectivity index (χ3n) is 9.58. The number of aliphatic hydroxyl groups excluding tert-OH is 4. The average molecular weight is 745 g/mol. The van der Waals surface area contributed by atoms with Gasteiger partial charge in [-0.05, 0) is 26.1 Å². The van der Waals surface area contributed by atoms with Crippen LogP contribution < -0.4 is 38.9 Å². The van der Waals surface area contributed by atoms with Gasteiger partial charge in [-0.2, -0.15) is 0 Å². The van der Waals surface area contributed by atoms with Gasteiger partial charge in [0.05, 0.1) is 43.6 Å². The summed E-state index contributed by atoms with van der Waals surface area (Å²) in [5.41, 5.74) is 23.9. The molecule has 16 atom stereocenters. The third kappa shape index (κ3) is 11.1. The summed E-state index contributed by atoms with van der Waals surface area (Å²) < 4.78 is 36.7. The Labute approximate surface area is 303 Å². The first kappa shape index (κ1) is 42.3. The van der Waals surface area contributed by atoms with E-state index in [1.807, 2.05) is 6.08 Å². The van der Waals surface area contributed by atoms with Crippen LogP contribution >= 0.6 is 0 Å². The number of rotatable bonds is 18. The summed E-state index contributed by atoms with van der Waals surface area (Å²) in [6.07, 6.45) is -6.86. The van der Waals surface area contributed by atoms with Crippen molar-refractivity contribution in [1.82, 2.24) is 16.0 Å². The van der Waals surface area contributed by atoms with Gasteiger partial charge in [0.1, 0.15) is 42.7 Å². The second-order valence-corrected chi connectivity index (χ2v) is 13.4. The highest BCUT2D eigenvalue weighted by atomic mass is 16.7. The molecular formula is C32H58N9O11+. The molecule has 3 heterocycles. The van der Waals surface area contributed by atoms with E-state index < -0.39 is 104 Å². The second kappa shape index (κ2) is 20.9. The molecule has 52 heavy (non-hydrogen) atoms. The van der Waals surface area contributed by atoms with Crippen molar-refractivity contribution in [2.24, 2.45) is 27.9 Å².